The number of hydrogen-bond donors (Lipinski definition) is 0. The van der Waals surface area contributed by atoms with E-state index in [-0.39, 0.29) is 17.9 Å². The predicted molar refractivity (Wildman–Crippen MR) is 131 cm³/mol. The van der Waals surface area contributed by atoms with Crippen molar-refractivity contribution >= 4 is 28.1 Å². The third-order valence-electron chi connectivity index (χ3n) is 5.35. The molecular formula is C26H25N3O2S. The number of carbonyl (C=O) groups is 1. The molecule has 1 amide bonds. The molecule has 0 N–H and O–H groups in total. The van der Waals surface area contributed by atoms with E-state index in [0.29, 0.717) is 11.7 Å². The molecule has 0 spiro atoms. The highest BCUT2D eigenvalue weighted by Gasteiger charge is 2.23. The van der Waals surface area contributed by atoms with E-state index in [1.807, 2.05) is 49.6 Å². The van der Waals surface area contributed by atoms with Gasteiger partial charge in [-0.2, -0.15) is 0 Å². The first-order chi connectivity index (χ1) is 15.4. The number of rotatable bonds is 6. The van der Waals surface area contributed by atoms with Crippen molar-refractivity contribution in [3.8, 4) is 11.3 Å². The van der Waals surface area contributed by atoms with Gasteiger partial charge in [-0.05, 0) is 44.0 Å². The molecule has 2 heterocycles. The molecular weight excluding hydrogens is 418 g/mol. The summed E-state index contributed by atoms with van der Waals surface area (Å²) in [4.78, 5) is 32.0. The second-order valence-electron chi connectivity index (χ2n) is 7.88. The van der Waals surface area contributed by atoms with Gasteiger partial charge in [0.15, 0.2) is 5.13 Å². The van der Waals surface area contributed by atoms with Gasteiger partial charge in [0.25, 0.3) is 5.56 Å². The molecule has 0 bridgehead atoms. The van der Waals surface area contributed by atoms with Gasteiger partial charge in [0.2, 0.25) is 5.91 Å². The molecule has 2 aromatic heterocycles. The maximum Gasteiger partial charge on any atom is 0.250 e. The average Bonchev–Trinajstić information content (AvgIpc) is 3.26. The molecule has 32 heavy (non-hydrogen) atoms. The molecule has 0 unspecified atom stereocenters. The Labute approximate surface area is 191 Å². The van der Waals surface area contributed by atoms with Gasteiger partial charge in [-0.1, -0.05) is 48.0 Å². The maximum absolute atomic E-state index is 13.5. The van der Waals surface area contributed by atoms with Crippen LogP contribution in [0.4, 0.5) is 10.8 Å². The topological polar surface area (TPSA) is 55.2 Å². The van der Waals surface area contributed by atoms with Crippen molar-refractivity contribution in [3.05, 3.63) is 99.3 Å². The summed E-state index contributed by atoms with van der Waals surface area (Å²) in [5.74, 6) is -0.0979. The lowest BCUT2D eigenvalue weighted by molar-refractivity contribution is -0.118. The Morgan fingerprint density at radius 2 is 1.75 bits per heavy atom. The lowest BCUT2D eigenvalue weighted by atomic mass is 10.1. The molecule has 162 valence electrons. The van der Waals surface area contributed by atoms with Crippen LogP contribution in [0, 0.1) is 20.8 Å². The summed E-state index contributed by atoms with van der Waals surface area (Å²) in [7, 11) is 0. The molecule has 0 radical (unpaired) electrons. The third kappa shape index (κ3) is 4.70. The molecule has 0 aliphatic heterocycles. The number of pyridine rings is 1. The van der Waals surface area contributed by atoms with E-state index in [4.69, 9.17) is 4.98 Å². The molecule has 4 aromatic rings. The number of nitrogens with zero attached hydrogens (tertiary/aromatic N) is 3. The van der Waals surface area contributed by atoms with Crippen LogP contribution < -0.4 is 10.5 Å². The smallest absolute Gasteiger partial charge is 0.250 e. The van der Waals surface area contributed by atoms with Crippen molar-refractivity contribution in [1.29, 1.82) is 0 Å². The van der Waals surface area contributed by atoms with Crippen molar-refractivity contribution in [1.82, 2.24) is 9.55 Å². The Morgan fingerprint density at radius 1 is 1.00 bits per heavy atom. The van der Waals surface area contributed by atoms with Gasteiger partial charge in [0, 0.05) is 36.2 Å². The molecule has 0 atom stereocenters. The van der Waals surface area contributed by atoms with Gasteiger partial charge in [-0.25, -0.2) is 4.98 Å². The highest BCUT2D eigenvalue weighted by molar-refractivity contribution is 7.14. The number of aromatic nitrogens is 2. The van der Waals surface area contributed by atoms with E-state index >= 15 is 0 Å². The monoisotopic (exact) mass is 443 g/mol. The zero-order valence-electron chi connectivity index (χ0n) is 18.4. The van der Waals surface area contributed by atoms with Gasteiger partial charge in [0.1, 0.15) is 0 Å². The number of carbonyl (C=O) groups excluding carboxylic acids is 1. The zero-order chi connectivity index (χ0) is 22.7. The van der Waals surface area contributed by atoms with E-state index in [2.05, 4.69) is 19.1 Å². The molecule has 0 saturated heterocycles. The Balaban J connectivity index is 1.69. The van der Waals surface area contributed by atoms with Crippen molar-refractivity contribution < 1.29 is 4.79 Å². The third-order valence-corrected chi connectivity index (χ3v) is 6.18. The Morgan fingerprint density at radius 3 is 2.50 bits per heavy atom. The van der Waals surface area contributed by atoms with Crippen molar-refractivity contribution in [2.24, 2.45) is 0 Å². The summed E-state index contributed by atoms with van der Waals surface area (Å²) < 4.78 is 1.55. The fourth-order valence-electron chi connectivity index (χ4n) is 3.50. The highest BCUT2D eigenvalue weighted by atomic mass is 32.1. The number of aryl methyl sites for hydroxylation is 4. The molecule has 5 nitrogen and oxygen atoms in total. The van der Waals surface area contributed by atoms with Crippen LogP contribution in [0.15, 0.2) is 77.0 Å². The quantitative estimate of drug-likeness (QED) is 0.387. The van der Waals surface area contributed by atoms with Crippen molar-refractivity contribution in [3.63, 3.8) is 0 Å². The standard InChI is InChI=1S/C26H25N3O2S/c1-18-8-11-21(12-9-18)22-17-32-26(27-22)29(23-16-19(2)7-10-20(23)3)25(31)13-15-28-14-5-4-6-24(28)30/h4-12,14,16-17H,13,15H2,1-3H3. The van der Waals surface area contributed by atoms with Gasteiger partial charge < -0.3 is 4.57 Å². The van der Waals surface area contributed by atoms with Crippen LogP contribution in [-0.2, 0) is 11.3 Å². The lowest BCUT2D eigenvalue weighted by Crippen LogP contribution is -2.29. The van der Waals surface area contributed by atoms with Crippen molar-refractivity contribution in [2.75, 3.05) is 4.90 Å². The van der Waals surface area contributed by atoms with Gasteiger partial charge in [-0.15, -0.1) is 11.3 Å². The van der Waals surface area contributed by atoms with Crippen LogP contribution in [0.2, 0.25) is 0 Å². The fraction of sp³-hybridized carbons (Fsp3) is 0.192. The number of hydrogen-bond acceptors (Lipinski definition) is 4. The van der Waals surface area contributed by atoms with Crippen LogP contribution in [-0.4, -0.2) is 15.5 Å². The minimum Gasteiger partial charge on any atom is -0.315 e. The van der Waals surface area contributed by atoms with E-state index in [1.54, 1.807) is 27.8 Å². The van der Waals surface area contributed by atoms with Crippen LogP contribution in [0.25, 0.3) is 11.3 Å². The van der Waals surface area contributed by atoms with Gasteiger partial charge in [-0.3, -0.25) is 14.5 Å². The maximum atomic E-state index is 13.5. The van der Waals surface area contributed by atoms with E-state index in [0.717, 1.165) is 28.1 Å². The molecule has 0 aliphatic carbocycles. The summed E-state index contributed by atoms with van der Waals surface area (Å²) in [6.45, 7) is 6.37. The van der Waals surface area contributed by atoms with E-state index in [1.165, 1.54) is 23.0 Å². The second-order valence-corrected chi connectivity index (χ2v) is 8.72. The summed E-state index contributed by atoms with van der Waals surface area (Å²) in [5.41, 5.74) is 5.81. The zero-order valence-corrected chi connectivity index (χ0v) is 19.2. The molecule has 0 aliphatic rings. The fourth-order valence-corrected chi connectivity index (χ4v) is 4.36. The van der Waals surface area contributed by atoms with Crippen LogP contribution >= 0.6 is 11.3 Å². The largest absolute Gasteiger partial charge is 0.315 e. The molecule has 0 saturated carbocycles. The van der Waals surface area contributed by atoms with E-state index < -0.39 is 0 Å². The Bertz CT molecular complexity index is 1310. The minimum absolute atomic E-state index is 0.0979. The second kappa shape index (κ2) is 9.32. The van der Waals surface area contributed by atoms with Crippen LogP contribution in [0.1, 0.15) is 23.1 Å². The highest BCUT2D eigenvalue weighted by Crippen LogP contribution is 2.35. The summed E-state index contributed by atoms with van der Waals surface area (Å²) >= 11 is 1.44. The molecule has 4 rings (SSSR count). The number of thiazole rings is 1. The Kier molecular flexibility index (Phi) is 6.32. The SMILES string of the molecule is Cc1ccc(-c2csc(N(C(=O)CCn3ccccc3=O)c3cc(C)ccc3C)n2)cc1. The summed E-state index contributed by atoms with van der Waals surface area (Å²) in [6, 6.07) is 19.2. The number of benzene rings is 2. The molecule has 2 aromatic carbocycles. The van der Waals surface area contributed by atoms with E-state index in [9.17, 15) is 9.59 Å². The van der Waals surface area contributed by atoms with Crippen LogP contribution in [0.3, 0.4) is 0 Å². The van der Waals surface area contributed by atoms with Gasteiger partial charge >= 0.3 is 0 Å². The normalized spacial score (nSPS) is 10.8. The first-order valence-electron chi connectivity index (χ1n) is 10.5. The number of anilines is 2. The average molecular weight is 444 g/mol. The summed E-state index contributed by atoms with van der Waals surface area (Å²) in [5, 5.41) is 2.60. The number of amides is 1. The Hall–Kier alpha value is -3.51. The molecule has 0 fully saturated rings. The lowest BCUT2D eigenvalue weighted by Gasteiger charge is -2.23. The molecule has 6 heteroatoms. The predicted octanol–water partition coefficient (Wildman–Crippen LogP) is 5.65. The minimum atomic E-state index is -0.116. The first-order valence-corrected chi connectivity index (χ1v) is 11.4. The first kappa shape index (κ1) is 21.7. The summed E-state index contributed by atoms with van der Waals surface area (Å²) in [6.07, 6.45) is 1.90. The van der Waals surface area contributed by atoms with Gasteiger partial charge in [0.05, 0.1) is 11.4 Å². The van der Waals surface area contributed by atoms with Crippen molar-refractivity contribution in [2.45, 2.75) is 33.7 Å². The van der Waals surface area contributed by atoms with Crippen LogP contribution in [0.5, 0.6) is 0 Å².